The number of hydrogen-bond acceptors (Lipinski definition) is 6. The van der Waals surface area contributed by atoms with Crippen molar-refractivity contribution in [1.82, 2.24) is 9.80 Å². The van der Waals surface area contributed by atoms with E-state index >= 15 is 0 Å². The zero-order valence-corrected chi connectivity index (χ0v) is 28.3. The third-order valence-electron chi connectivity index (χ3n) is 8.27. The van der Waals surface area contributed by atoms with E-state index in [2.05, 4.69) is 13.8 Å². The minimum absolute atomic E-state index is 0.0247. The van der Waals surface area contributed by atoms with Gasteiger partial charge in [0.2, 0.25) is 11.8 Å². The van der Waals surface area contributed by atoms with E-state index in [9.17, 15) is 49.2 Å². The zero-order valence-electron chi connectivity index (χ0n) is 28.3. The van der Waals surface area contributed by atoms with E-state index < -0.39 is 73.7 Å². The molecule has 0 aromatic rings. The van der Waals surface area contributed by atoms with Crippen LogP contribution in [0.1, 0.15) is 155 Å². The first-order valence-electron chi connectivity index (χ1n) is 17.4. The smallest absolute Gasteiger partial charge is 0.327 e. The molecule has 0 bridgehead atoms. The number of hydrogen-bond donors (Lipinski definition) is 4. The van der Waals surface area contributed by atoms with Gasteiger partial charge in [0.15, 0.2) is 0 Å². The first-order chi connectivity index (χ1) is 22.0. The normalized spacial score (nSPS) is 12.3. The number of amides is 2. The van der Waals surface area contributed by atoms with E-state index in [4.69, 9.17) is 0 Å². The summed E-state index contributed by atoms with van der Waals surface area (Å²) in [5.41, 5.74) is 0. The Morgan fingerprint density at radius 2 is 0.696 bits per heavy atom. The molecule has 12 nitrogen and oxygen atoms in total. The van der Waals surface area contributed by atoms with Gasteiger partial charge >= 0.3 is 23.9 Å². The average molecular weight is 657 g/mol. The van der Waals surface area contributed by atoms with Crippen LogP contribution in [-0.4, -0.2) is 91.1 Å². The van der Waals surface area contributed by atoms with E-state index in [0.717, 1.165) is 74.0 Å². The van der Waals surface area contributed by atoms with Gasteiger partial charge in [-0.15, -0.1) is 0 Å². The van der Waals surface area contributed by atoms with Crippen molar-refractivity contribution >= 4 is 35.7 Å². The van der Waals surface area contributed by atoms with Crippen molar-refractivity contribution in [2.24, 2.45) is 0 Å². The lowest BCUT2D eigenvalue weighted by molar-refractivity contribution is -0.157. The summed E-state index contributed by atoms with van der Waals surface area (Å²) in [7, 11) is 0. The quantitative estimate of drug-likeness (QED) is 0.0613. The Bertz CT molecular complexity index is 838. The second kappa shape index (κ2) is 27.0. The molecule has 0 saturated heterocycles. The van der Waals surface area contributed by atoms with E-state index in [1.165, 1.54) is 38.5 Å². The predicted octanol–water partition coefficient (Wildman–Crippen LogP) is 6.34. The van der Waals surface area contributed by atoms with Crippen LogP contribution in [-0.2, 0) is 28.8 Å². The van der Waals surface area contributed by atoms with Crippen molar-refractivity contribution in [1.29, 1.82) is 0 Å². The average Bonchev–Trinajstić information content (AvgIpc) is 2.99. The maximum atomic E-state index is 13.3. The van der Waals surface area contributed by atoms with Gasteiger partial charge < -0.3 is 30.2 Å². The molecule has 0 aliphatic rings. The molecule has 0 aromatic carbocycles. The molecular formula is C34H60N2O10. The minimum Gasteiger partial charge on any atom is -0.481 e. The van der Waals surface area contributed by atoms with Crippen molar-refractivity contribution in [2.45, 2.75) is 167 Å². The number of carbonyl (C=O) groups excluding carboxylic acids is 2. The van der Waals surface area contributed by atoms with Gasteiger partial charge in [0, 0.05) is 25.9 Å². The van der Waals surface area contributed by atoms with E-state index in [1.807, 2.05) is 0 Å². The Balaban J connectivity index is 5.51. The highest BCUT2D eigenvalue weighted by atomic mass is 16.4. The fourth-order valence-corrected chi connectivity index (χ4v) is 5.58. The predicted molar refractivity (Wildman–Crippen MR) is 174 cm³/mol. The fraction of sp³-hybridized carbons (Fsp3) is 0.824. The molecule has 0 unspecified atom stereocenters. The highest BCUT2D eigenvalue weighted by Crippen LogP contribution is 2.17. The number of rotatable bonds is 31. The second-order valence-electron chi connectivity index (χ2n) is 12.2. The topological polar surface area (TPSA) is 190 Å². The summed E-state index contributed by atoms with van der Waals surface area (Å²) in [6.07, 6.45) is 16.1. The molecule has 0 aliphatic heterocycles. The summed E-state index contributed by atoms with van der Waals surface area (Å²) in [6, 6.07) is -3.44. The molecule has 4 N–H and O–H groups in total. The number of aliphatic carboxylic acids is 4. The van der Waals surface area contributed by atoms with Gasteiger partial charge in [-0.3, -0.25) is 19.2 Å². The Hall–Kier alpha value is -3.18. The van der Waals surface area contributed by atoms with Crippen LogP contribution in [0.15, 0.2) is 0 Å². The molecule has 0 radical (unpaired) electrons. The Labute approximate surface area is 274 Å². The summed E-state index contributed by atoms with van der Waals surface area (Å²) >= 11 is 0. The van der Waals surface area contributed by atoms with E-state index in [-0.39, 0.29) is 12.8 Å². The highest BCUT2D eigenvalue weighted by Gasteiger charge is 2.35. The van der Waals surface area contributed by atoms with Crippen LogP contribution in [0.25, 0.3) is 0 Å². The number of unbranched alkanes of at least 4 members (excludes halogenated alkanes) is 16. The molecular weight excluding hydrogens is 596 g/mol. The van der Waals surface area contributed by atoms with Gasteiger partial charge in [-0.25, -0.2) is 9.59 Å². The van der Waals surface area contributed by atoms with Crippen LogP contribution in [0.2, 0.25) is 0 Å². The lowest BCUT2D eigenvalue weighted by Crippen LogP contribution is -2.53. The lowest BCUT2D eigenvalue weighted by atomic mass is 10.0. The highest BCUT2D eigenvalue weighted by molar-refractivity contribution is 5.88. The number of carbonyl (C=O) groups is 6. The van der Waals surface area contributed by atoms with Crippen LogP contribution in [0.3, 0.4) is 0 Å². The van der Waals surface area contributed by atoms with Crippen LogP contribution in [0.4, 0.5) is 0 Å². The maximum Gasteiger partial charge on any atom is 0.327 e. The first kappa shape index (κ1) is 42.8. The third kappa shape index (κ3) is 20.8. The number of nitrogens with zero attached hydrogens (tertiary/aromatic N) is 2. The molecule has 266 valence electrons. The molecule has 2 atom stereocenters. The van der Waals surface area contributed by atoms with Crippen molar-refractivity contribution in [3.8, 4) is 0 Å². The summed E-state index contributed by atoms with van der Waals surface area (Å²) in [5.74, 6) is -7.13. The van der Waals surface area contributed by atoms with Crippen LogP contribution < -0.4 is 0 Å². The first-order valence-corrected chi connectivity index (χ1v) is 17.4. The monoisotopic (exact) mass is 656 g/mol. The summed E-state index contributed by atoms with van der Waals surface area (Å²) in [4.78, 5) is 75.4. The van der Waals surface area contributed by atoms with Gasteiger partial charge in [-0.05, 0) is 12.8 Å². The van der Waals surface area contributed by atoms with Gasteiger partial charge in [-0.1, -0.05) is 117 Å². The van der Waals surface area contributed by atoms with E-state index in [1.54, 1.807) is 0 Å². The molecule has 2 amide bonds. The zero-order chi connectivity index (χ0) is 34.7. The molecule has 0 rings (SSSR count). The summed E-state index contributed by atoms with van der Waals surface area (Å²) < 4.78 is 0. The molecule has 0 fully saturated rings. The standard InChI is InChI=1S/C34H60N2O10/c1-3-5-7-9-11-13-15-17-19-21-29(37)35(27(33(43)44)25-31(39)40)23-24-36(28(34(45)46)26-32(41)42)30(38)22-20-18-16-14-12-10-8-6-4-2/h27-28H,3-26H2,1-2H3,(H,39,40)(H,41,42)(H,43,44)(H,45,46)/t27-,28-/m0/s1. The van der Waals surface area contributed by atoms with Crippen molar-refractivity contribution in [2.75, 3.05) is 13.1 Å². The van der Waals surface area contributed by atoms with Crippen LogP contribution in [0, 0.1) is 0 Å². The SMILES string of the molecule is CCCCCCCCCCCC(=O)N(CCN(C(=O)CCCCCCCCCCC)[C@@H](CC(=O)O)C(=O)O)[C@@H](CC(=O)O)C(=O)O. The van der Waals surface area contributed by atoms with Gasteiger partial charge in [0.05, 0.1) is 12.8 Å². The van der Waals surface area contributed by atoms with Crippen molar-refractivity contribution in [3.63, 3.8) is 0 Å². The molecule has 12 heteroatoms. The van der Waals surface area contributed by atoms with Crippen molar-refractivity contribution in [3.05, 3.63) is 0 Å². The number of carboxylic acids is 4. The molecule has 0 aromatic heterocycles. The summed E-state index contributed by atoms with van der Waals surface area (Å²) in [6.45, 7) is 3.43. The molecule has 0 heterocycles. The Kier molecular flexibility index (Phi) is 25.1. The van der Waals surface area contributed by atoms with E-state index in [0.29, 0.717) is 12.8 Å². The molecule has 0 aliphatic carbocycles. The maximum absolute atomic E-state index is 13.3. The molecule has 0 spiro atoms. The van der Waals surface area contributed by atoms with Gasteiger partial charge in [0.25, 0.3) is 0 Å². The Morgan fingerprint density at radius 1 is 0.435 bits per heavy atom. The van der Waals surface area contributed by atoms with Gasteiger partial charge in [-0.2, -0.15) is 0 Å². The van der Waals surface area contributed by atoms with Gasteiger partial charge in [0.1, 0.15) is 12.1 Å². The van der Waals surface area contributed by atoms with Crippen LogP contribution >= 0.6 is 0 Å². The van der Waals surface area contributed by atoms with Crippen molar-refractivity contribution < 1.29 is 49.2 Å². The molecule has 0 saturated carbocycles. The van der Waals surface area contributed by atoms with Crippen LogP contribution in [0.5, 0.6) is 0 Å². The third-order valence-corrected chi connectivity index (χ3v) is 8.27. The summed E-state index contributed by atoms with van der Waals surface area (Å²) in [5, 5.41) is 38.3. The Morgan fingerprint density at radius 3 is 0.935 bits per heavy atom. The number of carboxylic acid groups (broad SMARTS) is 4. The molecule has 46 heavy (non-hydrogen) atoms. The lowest BCUT2D eigenvalue weighted by Gasteiger charge is -2.33. The minimum atomic E-state index is -1.72. The fourth-order valence-electron chi connectivity index (χ4n) is 5.58. The largest absolute Gasteiger partial charge is 0.481 e. The second-order valence-corrected chi connectivity index (χ2v) is 12.2.